The van der Waals surface area contributed by atoms with E-state index in [0.717, 1.165) is 18.8 Å². The minimum absolute atomic E-state index is 0.0275. The van der Waals surface area contributed by atoms with Gasteiger partial charge in [0.2, 0.25) is 0 Å². The van der Waals surface area contributed by atoms with E-state index in [1.54, 1.807) is 0 Å². The maximum absolute atomic E-state index is 11.3. The number of ether oxygens (including phenoxy) is 1. The molecule has 2 heteroatoms. The van der Waals surface area contributed by atoms with Crippen molar-refractivity contribution in [2.24, 2.45) is 23.2 Å². The Kier molecular flexibility index (Phi) is 4.40. The van der Waals surface area contributed by atoms with Crippen LogP contribution in [0.2, 0.25) is 0 Å². The highest BCUT2D eigenvalue weighted by atomic mass is 16.5. The van der Waals surface area contributed by atoms with Crippen LogP contribution in [0.15, 0.2) is 12.2 Å². The van der Waals surface area contributed by atoms with E-state index in [0.29, 0.717) is 11.3 Å². The van der Waals surface area contributed by atoms with E-state index in [9.17, 15) is 4.79 Å². The van der Waals surface area contributed by atoms with Crippen molar-refractivity contribution < 1.29 is 9.53 Å². The van der Waals surface area contributed by atoms with Crippen LogP contribution in [0.3, 0.4) is 0 Å². The van der Waals surface area contributed by atoms with Crippen molar-refractivity contribution in [1.82, 2.24) is 0 Å². The molecule has 0 aliphatic heterocycles. The SMILES string of the molecule is C=C(C)C1CC(CCC(C)C(=O)OC)C1(C)C. The average molecular weight is 238 g/mol. The molecule has 3 atom stereocenters. The molecule has 0 spiro atoms. The molecule has 3 unspecified atom stereocenters. The Morgan fingerprint density at radius 1 is 1.53 bits per heavy atom. The Morgan fingerprint density at radius 3 is 2.53 bits per heavy atom. The van der Waals surface area contributed by atoms with Crippen LogP contribution in [0.25, 0.3) is 0 Å². The molecular formula is C15H26O2. The largest absolute Gasteiger partial charge is 0.469 e. The molecule has 1 saturated carbocycles. The van der Waals surface area contributed by atoms with Crippen molar-refractivity contribution in [1.29, 1.82) is 0 Å². The second-order valence-corrected chi connectivity index (χ2v) is 6.15. The molecular weight excluding hydrogens is 212 g/mol. The van der Waals surface area contributed by atoms with Crippen LogP contribution in [0.5, 0.6) is 0 Å². The smallest absolute Gasteiger partial charge is 0.308 e. The van der Waals surface area contributed by atoms with Gasteiger partial charge >= 0.3 is 5.97 Å². The summed E-state index contributed by atoms with van der Waals surface area (Å²) < 4.78 is 4.75. The number of esters is 1. The third-order valence-electron chi connectivity index (χ3n) is 4.62. The number of hydrogen-bond acceptors (Lipinski definition) is 2. The summed E-state index contributed by atoms with van der Waals surface area (Å²) in [4.78, 5) is 11.3. The highest BCUT2D eigenvalue weighted by molar-refractivity contribution is 5.71. The number of hydrogen-bond donors (Lipinski definition) is 0. The van der Waals surface area contributed by atoms with Gasteiger partial charge in [-0.25, -0.2) is 0 Å². The quantitative estimate of drug-likeness (QED) is 0.537. The highest BCUT2D eigenvalue weighted by Gasteiger charge is 2.47. The van der Waals surface area contributed by atoms with Crippen LogP contribution in [0.4, 0.5) is 0 Å². The number of allylic oxidation sites excluding steroid dienone is 1. The summed E-state index contributed by atoms with van der Waals surface area (Å²) in [5, 5.41) is 0. The van der Waals surface area contributed by atoms with E-state index < -0.39 is 0 Å². The molecule has 2 nitrogen and oxygen atoms in total. The molecule has 0 aromatic rings. The molecule has 0 aromatic carbocycles. The van der Waals surface area contributed by atoms with Crippen molar-refractivity contribution in [3.05, 3.63) is 12.2 Å². The summed E-state index contributed by atoms with van der Waals surface area (Å²) in [6, 6.07) is 0. The first kappa shape index (κ1) is 14.3. The maximum atomic E-state index is 11.3. The summed E-state index contributed by atoms with van der Waals surface area (Å²) in [5.74, 6) is 1.32. The molecule has 0 aromatic heterocycles. The van der Waals surface area contributed by atoms with E-state index in [1.807, 2.05) is 6.92 Å². The first-order valence-electron chi connectivity index (χ1n) is 6.54. The molecule has 1 fully saturated rings. The molecule has 1 rings (SSSR count). The molecule has 0 N–H and O–H groups in total. The van der Waals surface area contributed by atoms with Crippen molar-refractivity contribution in [3.8, 4) is 0 Å². The normalized spacial score (nSPS) is 28.1. The van der Waals surface area contributed by atoms with Crippen molar-refractivity contribution >= 4 is 5.97 Å². The van der Waals surface area contributed by atoms with Gasteiger partial charge in [-0.1, -0.05) is 32.9 Å². The molecule has 0 radical (unpaired) electrons. The Morgan fingerprint density at radius 2 is 2.12 bits per heavy atom. The number of carbonyl (C=O) groups is 1. The fourth-order valence-electron chi connectivity index (χ4n) is 3.11. The minimum atomic E-state index is -0.0846. The van der Waals surface area contributed by atoms with E-state index in [2.05, 4.69) is 27.4 Å². The van der Waals surface area contributed by atoms with Crippen LogP contribution in [0, 0.1) is 23.2 Å². The summed E-state index contributed by atoms with van der Waals surface area (Å²) in [5.41, 5.74) is 1.65. The summed E-state index contributed by atoms with van der Waals surface area (Å²) in [6.07, 6.45) is 3.28. The Hall–Kier alpha value is -0.790. The predicted molar refractivity (Wildman–Crippen MR) is 70.6 cm³/mol. The van der Waals surface area contributed by atoms with E-state index in [-0.39, 0.29) is 11.9 Å². The summed E-state index contributed by atoms with van der Waals surface area (Å²) in [6.45, 7) is 12.8. The van der Waals surface area contributed by atoms with Gasteiger partial charge in [-0.3, -0.25) is 4.79 Å². The number of carbonyl (C=O) groups excluding carboxylic acids is 1. The van der Waals surface area contributed by atoms with Gasteiger partial charge in [0, 0.05) is 0 Å². The second kappa shape index (κ2) is 5.24. The van der Waals surface area contributed by atoms with E-state index in [4.69, 9.17) is 4.74 Å². The van der Waals surface area contributed by atoms with Crippen LogP contribution in [-0.2, 0) is 9.53 Å². The standard InChI is InChI=1S/C15H26O2/c1-10(2)13-9-12(15(13,4)5)8-7-11(3)14(16)17-6/h11-13H,1,7-9H2,2-6H3. The molecule has 1 aliphatic carbocycles. The first-order valence-corrected chi connectivity index (χ1v) is 6.54. The first-order chi connectivity index (χ1) is 7.80. The topological polar surface area (TPSA) is 26.3 Å². The van der Waals surface area contributed by atoms with Crippen LogP contribution in [0.1, 0.15) is 47.0 Å². The van der Waals surface area contributed by atoms with Gasteiger partial charge in [0.15, 0.2) is 0 Å². The van der Waals surface area contributed by atoms with Gasteiger partial charge in [-0.15, -0.1) is 0 Å². The lowest BCUT2D eigenvalue weighted by molar-refractivity contribution is -0.145. The van der Waals surface area contributed by atoms with Gasteiger partial charge in [-0.05, 0) is 43.4 Å². The van der Waals surface area contributed by atoms with Gasteiger partial charge < -0.3 is 4.74 Å². The predicted octanol–water partition coefficient (Wildman–Crippen LogP) is 3.81. The molecule has 0 bridgehead atoms. The molecule has 1 aliphatic rings. The van der Waals surface area contributed by atoms with E-state index >= 15 is 0 Å². The summed E-state index contributed by atoms with van der Waals surface area (Å²) in [7, 11) is 1.46. The lowest BCUT2D eigenvalue weighted by Crippen LogP contribution is -2.45. The van der Waals surface area contributed by atoms with Crippen LogP contribution in [-0.4, -0.2) is 13.1 Å². The molecule has 98 valence electrons. The third kappa shape index (κ3) is 2.91. The van der Waals surface area contributed by atoms with Crippen LogP contribution < -0.4 is 0 Å². The van der Waals surface area contributed by atoms with Crippen molar-refractivity contribution in [2.75, 3.05) is 7.11 Å². The van der Waals surface area contributed by atoms with Crippen molar-refractivity contribution in [2.45, 2.75) is 47.0 Å². The van der Waals surface area contributed by atoms with Gasteiger partial charge in [0.25, 0.3) is 0 Å². The molecule has 17 heavy (non-hydrogen) atoms. The molecule has 0 heterocycles. The third-order valence-corrected chi connectivity index (χ3v) is 4.62. The minimum Gasteiger partial charge on any atom is -0.469 e. The zero-order chi connectivity index (χ0) is 13.2. The fraction of sp³-hybridized carbons (Fsp3) is 0.800. The van der Waals surface area contributed by atoms with Gasteiger partial charge in [0.05, 0.1) is 13.0 Å². The number of methoxy groups -OCH3 is 1. The second-order valence-electron chi connectivity index (χ2n) is 6.15. The zero-order valence-electron chi connectivity index (χ0n) is 11.9. The Balaban J connectivity index is 2.41. The van der Waals surface area contributed by atoms with E-state index in [1.165, 1.54) is 19.1 Å². The maximum Gasteiger partial charge on any atom is 0.308 e. The molecule has 0 saturated heterocycles. The highest BCUT2D eigenvalue weighted by Crippen LogP contribution is 2.56. The van der Waals surface area contributed by atoms with Gasteiger partial charge in [0.1, 0.15) is 0 Å². The van der Waals surface area contributed by atoms with Gasteiger partial charge in [-0.2, -0.15) is 0 Å². The van der Waals surface area contributed by atoms with Crippen molar-refractivity contribution in [3.63, 3.8) is 0 Å². The Bertz CT molecular complexity index is 304. The average Bonchev–Trinajstić information content (AvgIpc) is 2.25. The summed E-state index contributed by atoms with van der Waals surface area (Å²) >= 11 is 0. The monoisotopic (exact) mass is 238 g/mol. The Labute approximate surface area is 105 Å². The van der Waals surface area contributed by atoms with Crippen LogP contribution >= 0.6 is 0 Å². The molecule has 0 amide bonds. The fourth-order valence-corrected chi connectivity index (χ4v) is 3.11. The number of rotatable bonds is 5. The zero-order valence-corrected chi connectivity index (χ0v) is 11.9. The lowest BCUT2D eigenvalue weighted by Gasteiger charge is -2.53. The lowest BCUT2D eigenvalue weighted by atomic mass is 9.52.